The molecular weight excluding hydrogens is 238 g/mol. The van der Waals surface area contributed by atoms with Gasteiger partial charge in [-0.25, -0.2) is 0 Å². The molecule has 1 amide bonds. The van der Waals surface area contributed by atoms with Gasteiger partial charge in [0.2, 0.25) is 5.91 Å². The average Bonchev–Trinajstić information content (AvgIpc) is 2.40. The maximum atomic E-state index is 12.0. The Hall–Kier alpha value is -1.39. The molecular formula is C15H21N3O. The van der Waals surface area contributed by atoms with Crippen LogP contribution in [0.5, 0.6) is 0 Å². The van der Waals surface area contributed by atoms with Crippen molar-refractivity contribution in [2.45, 2.75) is 19.0 Å². The van der Waals surface area contributed by atoms with Crippen LogP contribution in [0.3, 0.4) is 0 Å². The van der Waals surface area contributed by atoms with Gasteiger partial charge in [-0.3, -0.25) is 9.69 Å². The van der Waals surface area contributed by atoms with E-state index in [1.54, 1.807) is 0 Å². The third-order valence-corrected chi connectivity index (χ3v) is 4.36. The molecule has 0 aliphatic carbocycles. The molecule has 1 aromatic carbocycles. The van der Waals surface area contributed by atoms with Gasteiger partial charge in [0.15, 0.2) is 0 Å². The molecule has 2 atom stereocenters. The molecule has 4 nitrogen and oxygen atoms in total. The number of likely N-dealkylation sites (N-methyl/N-ethyl adjacent to an activating group) is 1. The fraction of sp³-hybridized carbons (Fsp3) is 0.533. The third-order valence-electron chi connectivity index (χ3n) is 4.36. The summed E-state index contributed by atoms with van der Waals surface area (Å²) < 4.78 is 0. The van der Waals surface area contributed by atoms with Crippen molar-refractivity contribution in [2.24, 2.45) is 0 Å². The summed E-state index contributed by atoms with van der Waals surface area (Å²) in [4.78, 5) is 16.2. The van der Waals surface area contributed by atoms with Crippen molar-refractivity contribution in [3.63, 3.8) is 0 Å². The first-order valence-electron chi connectivity index (χ1n) is 6.93. The number of nitrogens with zero attached hydrogens (tertiary/aromatic N) is 2. The van der Waals surface area contributed by atoms with Crippen molar-refractivity contribution < 1.29 is 4.79 Å². The fourth-order valence-electron chi connectivity index (χ4n) is 3.23. The lowest BCUT2D eigenvalue weighted by Gasteiger charge is -2.47. The maximum absolute atomic E-state index is 12.0. The van der Waals surface area contributed by atoms with Crippen LogP contribution in [0.4, 0.5) is 0 Å². The van der Waals surface area contributed by atoms with E-state index in [1.807, 2.05) is 11.9 Å². The number of fused-ring (bicyclic) bond motifs is 1. The van der Waals surface area contributed by atoms with Crippen LogP contribution in [0.15, 0.2) is 24.3 Å². The predicted molar refractivity (Wildman–Crippen MR) is 74.9 cm³/mol. The molecule has 3 rings (SSSR count). The minimum Gasteiger partial charge on any atom is -0.343 e. The zero-order valence-corrected chi connectivity index (χ0v) is 11.6. The summed E-state index contributed by atoms with van der Waals surface area (Å²) in [5.74, 6) is 0.233. The highest BCUT2D eigenvalue weighted by atomic mass is 16.2. The number of benzene rings is 1. The topological polar surface area (TPSA) is 35.6 Å². The predicted octanol–water partition coefficient (Wildman–Crippen LogP) is 0.782. The van der Waals surface area contributed by atoms with Crippen molar-refractivity contribution in [1.29, 1.82) is 0 Å². The molecule has 1 aromatic rings. The van der Waals surface area contributed by atoms with Gasteiger partial charge in [-0.1, -0.05) is 24.3 Å². The van der Waals surface area contributed by atoms with E-state index in [9.17, 15) is 4.79 Å². The summed E-state index contributed by atoms with van der Waals surface area (Å²) in [6, 6.07) is 9.24. The van der Waals surface area contributed by atoms with E-state index < -0.39 is 0 Å². The van der Waals surface area contributed by atoms with Gasteiger partial charge in [0.05, 0.1) is 6.54 Å². The zero-order valence-electron chi connectivity index (χ0n) is 11.6. The molecule has 1 N–H and O–H groups in total. The summed E-state index contributed by atoms with van der Waals surface area (Å²) in [5.41, 5.74) is 2.65. The molecule has 0 aromatic heterocycles. The van der Waals surface area contributed by atoms with Gasteiger partial charge in [0.25, 0.3) is 0 Å². The van der Waals surface area contributed by atoms with Gasteiger partial charge in [-0.05, 0) is 18.1 Å². The number of hydrogen-bond acceptors (Lipinski definition) is 3. The maximum Gasteiger partial charge on any atom is 0.236 e. The van der Waals surface area contributed by atoms with Gasteiger partial charge in [0.1, 0.15) is 0 Å². The Bertz CT molecular complexity index is 488. The molecule has 19 heavy (non-hydrogen) atoms. The van der Waals surface area contributed by atoms with E-state index in [1.165, 1.54) is 11.1 Å². The summed E-state index contributed by atoms with van der Waals surface area (Å²) in [6.45, 7) is 5.42. The van der Waals surface area contributed by atoms with Crippen molar-refractivity contribution in [3.8, 4) is 0 Å². The minimum absolute atomic E-state index is 0.233. The smallest absolute Gasteiger partial charge is 0.236 e. The number of hydrogen-bond donors (Lipinski definition) is 1. The van der Waals surface area contributed by atoms with Crippen LogP contribution in [0.25, 0.3) is 0 Å². The molecule has 2 fully saturated rings. The molecule has 2 aliphatic heterocycles. The number of carbonyl (C=O) groups excluding carboxylic acids is 1. The summed E-state index contributed by atoms with van der Waals surface area (Å²) >= 11 is 0. The van der Waals surface area contributed by atoms with E-state index >= 15 is 0 Å². The molecule has 102 valence electrons. The van der Waals surface area contributed by atoms with Gasteiger partial charge in [-0.15, -0.1) is 0 Å². The van der Waals surface area contributed by atoms with Crippen molar-refractivity contribution in [1.82, 2.24) is 15.1 Å². The van der Waals surface area contributed by atoms with Crippen LogP contribution in [0.1, 0.15) is 17.2 Å². The summed E-state index contributed by atoms with van der Waals surface area (Å²) in [7, 11) is 1.90. The number of carbonyl (C=O) groups is 1. The lowest BCUT2D eigenvalue weighted by molar-refractivity contribution is -0.139. The van der Waals surface area contributed by atoms with E-state index in [4.69, 9.17) is 0 Å². The van der Waals surface area contributed by atoms with Crippen LogP contribution >= 0.6 is 0 Å². The molecule has 2 heterocycles. The lowest BCUT2D eigenvalue weighted by Crippen LogP contribution is -2.63. The highest BCUT2D eigenvalue weighted by molar-refractivity contribution is 5.79. The molecule has 0 saturated carbocycles. The highest BCUT2D eigenvalue weighted by Gasteiger charge is 2.38. The normalized spacial score (nSPS) is 28.3. The lowest BCUT2D eigenvalue weighted by atomic mass is 9.95. The Balaban J connectivity index is 1.90. The molecule has 2 unspecified atom stereocenters. The quantitative estimate of drug-likeness (QED) is 0.809. The molecule has 0 bridgehead atoms. The third kappa shape index (κ3) is 2.26. The SMILES string of the molecule is Cc1ccccc1C1CNCC2CN(C)C(=O)CN21. The first kappa shape index (κ1) is 12.6. The van der Waals surface area contributed by atoms with Crippen molar-refractivity contribution in [2.75, 3.05) is 33.2 Å². The van der Waals surface area contributed by atoms with Crippen LogP contribution in [0, 0.1) is 6.92 Å². The molecule has 2 aliphatic rings. The van der Waals surface area contributed by atoms with Gasteiger partial charge in [0, 0.05) is 38.8 Å². The Kier molecular flexibility index (Phi) is 3.29. The second kappa shape index (κ2) is 4.94. The van der Waals surface area contributed by atoms with Gasteiger partial charge < -0.3 is 10.2 Å². The molecule has 0 spiro atoms. The van der Waals surface area contributed by atoms with Crippen molar-refractivity contribution in [3.05, 3.63) is 35.4 Å². The zero-order chi connectivity index (χ0) is 13.4. The standard InChI is InChI=1S/C15H21N3O/c1-11-5-3-4-6-13(11)14-8-16-7-12-9-17(2)15(19)10-18(12)14/h3-6,12,14,16H,7-10H2,1-2H3. The summed E-state index contributed by atoms with van der Waals surface area (Å²) in [5, 5.41) is 3.52. The second-order valence-corrected chi connectivity index (χ2v) is 5.63. The molecule has 4 heteroatoms. The Morgan fingerprint density at radius 2 is 2.05 bits per heavy atom. The second-order valence-electron chi connectivity index (χ2n) is 5.63. The highest BCUT2D eigenvalue weighted by Crippen LogP contribution is 2.29. The van der Waals surface area contributed by atoms with Crippen LogP contribution < -0.4 is 5.32 Å². The van der Waals surface area contributed by atoms with E-state index in [-0.39, 0.29) is 5.91 Å². The monoisotopic (exact) mass is 259 g/mol. The number of amides is 1. The molecule has 2 saturated heterocycles. The molecule has 0 radical (unpaired) electrons. The van der Waals surface area contributed by atoms with Crippen LogP contribution in [-0.4, -0.2) is 55.0 Å². The largest absolute Gasteiger partial charge is 0.343 e. The number of nitrogens with one attached hydrogen (secondary N) is 1. The first-order chi connectivity index (χ1) is 9.16. The van der Waals surface area contributed by atoms with Crippen molar-refractivity contribution >= 4 is 5.91 Å². The summed E-state index contributed by atoms with van der Waals surface area (Å²) in [6.07, 6.45) is 0. The number of piperazine rings is 2. The number of rotatable bonds is 1. The Morgan fingerprint density at radius 3 is 2.84 bits per heavy atom. The van der Waals surface area contributed by atoms with Gasteiger partial charge >= 0.3 is 0 Å². The Morgan fingerprint density at radius 1 is 1.26 bits per heavy atom. The van der Waals surface area contributed by atoms with E-state index in [0.29, 0.717) is 18.6 Å². The minimum atomic E-state index is 0.233. The van der Waals surface area contributed by atoms with E-state index in [2.05, 4.69) is 41.4 Å². The van der Waals surface area contributed by atoms with Gasteiger partial charge in [-0.2, -0.15) is 0 Å². The Labute approximate surface area is 114 Å². The van der Waals surface area contributed by atoms with Crippen LogP contribution in [-0.2, 0) is 4.79 Å². The average molecular weight is 259 g/mol. The fourth-order valence-corrected chi connectivity index (χ4v) is 3.23. The number of aryl methyl sites for hydroxylation is 1. The van der Waals surface area contributed by atoms with Crippen LogP contribution in [0.2, 0.25) is 0 Å². The first-order valence-corrected chi connectivity index (χ1v) is 6.93. The van der Waals surface area contributed by atoms with E-state index in [0.717, 1.165) is 19.6 Å².